The average Bonchev–Trinajstić information content (AvgIpc) is 3.14. The predicted octanol–water partition coefficient (Wildman–Crippen LogP) is 3.57. The number of amides is 3. The Hall–Kier alpha value is -2.96. The average molecular weight is 370 g/mol. The van der Waals surface area contributed by atoms with Gasteiger partial charge in [-0.3, -0.25) is 9.69 Å². The summed E-state index contributed by atoms with van der Waals surface area (Å²) < 4.78 is 15.3. The number of hydrogen-bond acceptors (Lipinski definition) is 3. The molecule has 1 N–H and O–H groups in total. The number of urea groups is 1. The third kappa shape index (κ3) is 3.92. The monoisotopic (exact) mass is 370 g/mol. The number of aromatic nitrogens is 2. The smallest absolute Gasteiger partial charge is 0.323 e. The molecular weight excluding hydrogens is 347 g/mol. The van der Waals surface area contributed by atoms with Gasteiger partial charge in [0.1, 0.15) is 17.0 Å². The van der Waals surface area contributed by atoms with Gasteiger partial charge in [-0.15, -0.1) is 0 Å². The number of allylic oxidation sites excluding steroid dienone is 2. The first-order valence-electron chi connectivity index (χ1n) is 8.87. The summed E-state index contributed by atoms with van der Waals surface area (Å²) in [6, 6.07) is 7.53. The molecular formula is C20H23FN4O2. The minimum absolute atomic E-state index is 0.0460. The van der Waals surface area contributed by atoms with Gasteiger partial charge in [-0.05, 0) is 51.8 Å². The molecule has 1 unspecified atom stereocenters. The molecule has 1 saturated heterocycles. The van der Waals surface area contributed by atoms with E-state index in [0.29, 0.717) is 24.2 Å². The van der Waals surface area contributed by atoms with Crippen LogP contribution in [0.25, 0.3) is 5.69 Å². The van der Waals surface area contributed by atoms with E-state index in [1.165, 1.54) is 16.3 Å². The van der Waals surface area contributed by atoms with Crippen LogP contribution < -0.4 is 5.32 Å². The fraction of sp³-hybridized carbons (Fsp3) is 0.350. The molecule has 2 aromatic rings. The van der Waals surface area contributed by atoms with Crippen LogP contribution in [-0.4, -0.2) is 32.2 Å². The van der Waals surface area contributed by atoms with E-state index in [0.717, 1.165) is 4.90 Å². The third-order valence-corrected chi connectivity index (χ3v) is 4.61. The molecule has 0 aliphatic carbocycles. The molecule has 3 rings (SSSR count). The fourth-order valence-corrected chi connectivity index (χ4v) is 3.09. The van der Waals surface area contributed by atoms with E-state index in [9.17, 15) is 14.0 Å². The minimum Gasteiger partial charge on any atom is -0.323 e. The lowest BCUT2D eigenvalue weighted by Crippen LogP contribution is -2.43. The summed E-state index contributed by atoms with van der Waals surface area (Å²) in [5, 5.41) is 7.09. The third-order valence-electron chi connectivity index (χ3n) is 4.61. The van der Waals surface area contributed by atoms with E-state index in [1.54, 1.807) is 37.4 Å². The molecule has 0 radical (unpaired) electrons. The van der Waals surface area contributed by atoms with Crippen molar-refractivity contribution in [3.63, 3.8) is 0 Å². The molecule has 1 aromatic heterocycles. The van der Waals surface area contributed by atoms with Crippen LogP contribution in [0, 0.1) is 5.82 Å². The number of carbonyl (C=O) groups is 2. The number of hydrogen-bond donors (Lipinski definition) is 1. The quantitative estimate of drug-likeness (QED) is 0.624. The Kier molecular flexibility index (Phi) is 5.12. The van der Waals surface area contributed by atoms with Crippen LogP contribution in [0.15, 0.2) is 48.2 Å². The Balaban J connectivity index is 1.73. The van der Waals surface area contributed by atoms with Crippen LogP contribution in [-0.2, 0) is 11.3 Å². The molecule has 2 heterocycles. The van der Waals surface area contributed by atoms with Crippen molar-refractivity contribution in [2.45, 2.75) is 45.7 Å². The summed E-state index contributed by atoms with van der Waals surface area (Å²) in [5.41, 5.74) is 1.07. The maximum Gasteiger partial charge on any atom is 0.325 e. The van der Waals surface area contributed by atoms with Crippen LogP contribution in [0.3, 0.4) is 0 Å². The Morgan fingerprint density at radius 3 is 2.70 bits per heavy atom. The van der Waals surface area contributed by atoms with Gasteiger partial charge in [-0.1, -0.05) is 23.8 Å². The van der Waals surface area contributed by atoms with Gasteiger partial charge in [0.15, 0.2) is 0 Å². The van der Waals surface area contributed by atoms with Gasteiger partial charge in [-0.2, -0.15) is 5.10 Å². The van der Waals surface area contributed by atoms with Crippen molar-refractivity contribution >= 4 is 11.9 Å². The summed E-state index contributed by atoms with van der Waals surface area (Å²) in [6.07, 6.45) is 4.90. The first kappa shape index (κ1) is 18.8. The van der Waals surface area contributed by atoms with Gasteiger partial charge in [-0.25, -0.2) is 13.9 Å². The molecule has 1 atom stereocenters. The number of para-hydroxylation sites is 1. The number of halogens is 1. The number of benzene rings is 1. The molecule has 6 nitrogen and oxygen atoms in total. The molecule has 1 fully saturated rings. The summed E-state index contributed by atoms with van der Waals surface area (Å²) in [4.78, 5) is 26.3. The van der Waals surface area contributed by atoms with Gasteiger partial charge in [0.2, 0.25) is 0 Å². The highest BCUT2D eigenvalue weighted by molar-refractivity contribution is 6.06. The van der Waals surface area contributed by atoms with Crippen molar-refractivity contribution in [2.24, 2.45) is 0 Å². The largest absolute Gasteiger partial charge is 0.325 e. The molecule has 0 bridgehead atoms. The zero-order chi connectivity index (χ0) is 19.6. The van der Waals surface area contributed by atoms with Gasteiger partial charge in [0.05, 0.1) is 12.2 Å². The van der Waals surface area contributed by atoms with E-state index >= 15 is 0 Å². The van der Waals surface area contributed by atoms with Crippen LogP contribution in [0.2, 0.25) is 0 Å². The van der Waals surface area contributed by atoms with E-state index in [4.69, 9.17) is 0 Å². The second-order valence-electron chi connectivity index (χ2n) is 7.18. The normalized spacial score (nSPS) is 19.3. The molecule has 0 saturated carbocycles. The van der Waals surface area contributed by atoms with Crippen LogP contribution in [0.5, 0.6) is 0 Å². The van der Waals surface area contributed by atoms with Crippen molar-refractivity contribution in [1.82, 2.24) is 20.0 Å². The topological polar surface area (TPSA) is 67.2 Å². The van der Waals surface area contributed by atoms with Crippen molar-refractivity contribution in [1.29, 1.82) is 0 Å². The lowest BCUT2D eigenvalue weighted by atomic mass is 9.95. The molecule has 1 aliphatic heterocycles. The molecule has 1 aromatic carbocycles. The highest BCUT2D eigenvalue weighted by Gasteiger charge is 2.47. The standard InChI is InChI=1S/C20H23FN4O2/c1-14(2)7-6-11-20(3)18(26)24(19(27)22-20)13-15-10-12-25(23-15)17-9-5-4-8-16(17)21/h4-5,7-10,12H,6,11,13H2,1-3H3,(H,22,27). The lowest BCUT2D eigenvalue weighted by Gasteiger charge is -2.20. The Morgan fingerprint density at radius 2 is 2.00 bits per heavy atom. The number of nitrogens with one attached hydrogen (secondary N) is 1. The van der Waals surface area contributed by atoms with Crippen LogP contribution >= 0.6 is 0 Å². The predicted molar refractivity (Wildman–Crippen MR) is 99.7 cm³/mol. The van der Waals surface area contributed by atoms with Gasteiger partial charge < -0.3 is 5.32 Å². The van der Waals surface area contributed by atoms with Crippen molar-refractivity contribution < 1.29 is 14.0 Å². The molecule has 142 valence electrons. The second-order valence-corrected chi connectivity index (χ2v) is 7.18. The van der Waals surface area contributed by atoms with E-state index in [2.05, 4.69) is 10.4 Å². The number of nitrogens with zero attached hydrogens (tertiary/aromatic N) is 3. The van der Waals surface area contributed by atoms with E-state index in [-0.39, 0.29) is 12.5 Å². The molecule has 0 spiro atoms. The highest BCUT2D eigenvalue weighted by Crippen LogP contribution is 2.25. The van der Waals surface area contributed by atoms with Crippen molar-refractivity contribution in [3.05, 3.63) is 59.7 Å². The molecule has 27 heavy (non-hydrogen) atoms. The molecule has 3 amide bonds. The van der Waals surface area contributed by atoms with E-state index < -0.39 is 17.4 Å². The van der Waals surface area contributed by atoms with Gasteiger partial charge in [0, 0.05) is 6.20 Å². The Labute approximate surface area is 157 Å². The zero-order valence-corrected chi connectivity index (χ0v) is 15.7. The Bertz CT molecular complexity index is 901. The maximum absolute atomic E-state index is 13.9. The van der Waals surface area contributed by atoms with Crippen molar-refractivity contribution in [2.75, 3.05) is 0 Å². The summed E-state index contributed by atoms with van der Waals surface area (Å²) in [5.74, 6) is -0.663. The number of imide groups is 1. The van der Waals surface area contributed by atoms with Gasteiger partial charge >= 0.3 is 6.03 Å². The first-order chi connectivity index (χ1) is 12.8. The fourth-order valence-electron chi connectivity index (χ4n) is 3.09. The molecule has 1 aliphatic rings. The SMILES string of the molecule is CC(C)=CCCC1(C)NC(=O)N(Cc2ccn(-c3ccccc3F)n2)C1=O. The number of rotatable bonds is 6. The summed E-state index contributed by atoms with van der Waals surface area (Å²) in [6.45, 7) is 5.78. The van der Waals surface area contributed by atoms with Crippen LogP contribution in [0.1, 0.15) is 39.3 Å². The lowest BCUT2D eigenvalue weighted by molar-refractivity contribution is -0.131. The molecule has 7 heteroatoms. The minimum atomic E-state index is -0.920. The highest BCUT2D eigenvalue weighted by atomic mass is 19.1. The van der Waals surface area contributed by atoms with Gasteiger partial charge in [0.25, 0.3) is 5.91 Å². The van der Waals surface area contributed by atoms with E-state index in [1.807, 2.05) is 19.9 Å². The Morgan fingerprint density at radius 1 is 1.26 bits per heavy atom. The second kappa shape index (κ2) is 7.34. The van der Waals surface area contributed by atoms with Crippen molar-refractivity contribution in [3.8, 4) is 5.69 Å². The summed E-state index contributed by atoms with van der Waals surface area (Å²) >= 11 is 0. The maximum atomic E-state index is 13.9. The number of carbonyl (C=O) groups excluding carboxylic acids is 2. The first-order valence-corrected chi connectivity index (χ1v) is 8.87. The van der Waals surface area contributed by atoms with Crippen LogP contribution in [0.4, 0.5) is 9.18 Å². The zero-order valence-electron chi connectivity index (χ0n) is 15.7. The summed E-state index contributed by atoms with van der Waals surface area (Å²) in [7, 11) is 0.